The van der Waals surface area contributed by atoms with Crippen molar-refractivity contribution < 1.29 is 38.1 Å². The molecule has 4 aliphatic rings. The number of carbonyl (C=O) groups excluding carboxylic acids is 4. The van der Waals surface area contributed by atoms with Gasteiger partial charge in [-0.3, -0.25) is 9.59 Å². The van der Waals surface area contributed by atoms with Gasteiger partial charge in [0, 0.05) is 36.6 Å². The smallest absolute Gasteiger partial charge is 0.407 e. The van der Waals surface area contributed by atoms with Crippen molar-refractivity contribution in [2.75, 3.05) is 34.5 Å². The number of aromatic amines is 2. The minimum atomic E-state index is -0.954. The quantitative estimate of drug-likeness (QED) is 0.102. The normalized spacial score (nSPS) is 21.6. The molecule has 6 aromatic rings. The highest BCUT2D eigenvalue weighted by molar-refractivity contribution is 6.07. The molecule has 16 nitrogen and oxygen atoms in total. The Labute approximate surface area is 375 Å². The standard InChI is InChI=1S/C49H52N8O8/c1-25(2)41(54-48(60)63-4)47(59)57-37-18-30(37)19-39(57)44-50-21-36(52-44)29-11-13-32-31(16-29)24-65-40-20-33-28(17-34(32)40)12-14-35-43(33)53-45(51-35)38-15-26(23-62-3)22-56(38)46(58)42(55-49(61)64-5)27-9-7-6-8-10-27/h6-14,16-17,20-21,25-26,30,37-39,41-42H,15,18-19,22-24H2,1-5H3,(H,50,52)(H,51,53)(H,54,60)(H,55,61). The maximum atomic E-state index is 14.4. The van der Waals surface area contributed by atoms with Crippen LogP contribution in [0.1, 0.15) is 74.0 Å². The lowest BCUT2D eigenvalue weighted by atomic mass is 9.92. The fourth-order valence-electron chi connectivity index (χ4n) is 10.2. The zero-order valence-electron chi connectivity index (χ0n) is 36.9. The van der Waals surface area contributed by atoms with Crippen molar-refractivity contribution >= 4 is 45.8 Å². The lowest BCUT2D eigenvalue weighted by Gasteiger charge is -2.31. The van der Waals surface area contributed by atoms with Crippen LogP contribution in [0.3, 0.4) is 0 Å². The molecular formula is C49H52N8O8. The van der Waals surface area contributed by atoms with Crippen LogP contribution >= 0.6 is 0 Å². The number of piperidine rings is 1. The summed E-state index contributed by atoms with van der Waals surface area (Å²) in [5.41, 5.74) is 7.14. The Morgan fingerprint density at radius 3 is 2.42 bits per heavy atom. The number of hydrogen-bond acceptors (Lipinski definition) is 10. The molecule has 1 aliphatic carbocycles. The summed E-state index contributed by atoms with van der Waals surface area (Å²) in [6.45, 7) is 5.10. The van der Waals surface area contributed by atoms with Gasteiger partial charge in [0.1, 0.15) is 36.1 Å². The van der Waals surface area contributed by atoms with Crippen LogP contribution in [0, 0.1) is 17.8 Å². The Bertz CT molecular complexity index is 2820. The highest BCUT2D eigenvalue weighted by Crippen LogP contribution is 2.53. The molecule has 5 heterocycles. The van der Waals surface area contributed by atoms with E-state index in [4.69, 9.17) is 28.9 Å². The van der Waals surface area contributed by atoms with E-state index < -0.39 is 30.3 Å². The first-order chi connectivity index (χ1) is 31.5. The van der Waals surface area contributed by atoms with Crippen molar-refractivity contribution in [1.82, 2.24) is 40.4 Å². The van der Waals surface area contributed by atoms with E-state index in [1.54, 1.807) is 12.0 Å². The summed E-state index contributed by atoms with van der Waals surface area (Å²) in [5, 5.41) is 7.41. The van der Waals surface area contributed by atoms with Gasteiger partial charge >= 0.3 is 12.2 Å². The van der Waals surface area contributed by atoms with Gasteiger partial charge < -0.3 is 49.3 Å². The van der Waals surface area contributed by atoms with Crippen LogP contribution in [0.25, 0.3) is 44.2 Å². The summed E-state index contributed by atoms with van der Waals surface area (Å²) in [7, 11) is 4.23. The maximum Gasteiger partial charge on any atom is 0.407 e. The van der Waals surface area contributed by atoms with Crippen molar-refractivity contribution in [1.29, 1.82) is 0 Å². The summed E-state index contributed by atoms with van der Waals surface area (Å²) >= 11 is 0. The fourth-order valence-corrected chi connectivity index (χ4v) is 10.2. The van der Waals surface area contributed by atoms with E-state index >= 15 is 0 Å². The largest absolute Gasteiger partial charge is 0.488 e. The minimum Gasteiger partial charge on any atom is -0.488 e. The number of amides is 4. The lowest BCUT2D eigenvalue weighted by molar-refractivity contribution is -0.137. The molecule has 0 radical (unpaired) electrons. The number of benzene rings is 4. The van der Waals surface area contributed by atoms with Gasteiger partial charge in [-0.25, -0.2) is 19.6 Å². The van der Waals surface area contributed by atoms with E-state index in [1.807, 2.05) is 61.3 Å². The molecule has 4 aromatic carbocycles. The predicted molar refractivity (Wildman–Crippen MR) is 240 cm³/mol. The highest BCUT2D eigenvalue weighted by Gasteiger charge is 2.56. The predicted octanol–water partition coefficient (Wildman–Crippen LogP) is 7.34. The van der Waals surface area contributed by atoms with Gasteiger partial charge in [-0.1, -0.05) is 62.4 Å². The number of alkyl carbamates (subject to hydrolysis) is 2. The molecule has 65 heavy (non-hydrogen) atoms. The van der Waals surface area contributed by atoms with Crippen molar-refractivity contribution in [2.45, 2.75) is 69.9 Å². The Morgan fingerprint density at radius 1 is 0.846 bits per heavy atom. The van der Waals surface area contributed by atoms with E-state index in [2.05, 4.69) is 57.0 Å². The fraction of sp³-hybridized carbons (Fsp3) is 0.388. The van der Waals surface area contributed by atoms with Crippen molar-refractivity contribution in [3.8, 4) is 28.1 Å². The maximum absolute atomic E-state index is 14.4. The average Bonchev–Trinajstić information content (AvgIpc) is 3.79. The first-order valence-corrected chi connectivity index (χ1v) is 22.2. The molecule has 7 atom stereocenters. The molecule has 7 unspecified atom stereocenters. The number of hydrogen-bond donors (Lipinski definition) is 4. The van der Waals surface area contributed by atoms with Crippen LogP contribution in [0.4, 0.5) is 9.59 Å². The highest BCUT2D eigenvalue weighted by atomic mass is 16.5. The number of ether oxygens (including phenoxy) is 4. The molecule has 336 valence electrons. The second kappa shape index (κ2) is 16.9. The topological polar surface area (TPSA) is 193 Å². The number of likely N-dealkylation sites (tertiary alicyclic amines) is 2. The van der Waals surface area contributed by atoms with Gasteiger partial charge in [0.15, 0.2) is 0 Å². The SMILES string of the molecule is COCC1CC(c2nc3c(ccc4cc5c(cc43)OCc3cc(-c4cnc(C6CC7CC7N6C(=O)C(NC(=O)OC)C(C)C)[nH]4)ccc3-5)[nH]2)N(C(=O)C(NC(=O)OC)c2ccccc2)C1. The Balaban J connectivity index is 0.914. The first kappa shape index (κ1) is 42.0. The molecule has 10 rings (SSSR count). The number of nitrogens with one attached hydrogen (secondary N) is 4. The summed E-state index contributed by atoms with van der Waals surface area (Å²) in [6.07, 6.45) is 2.91. The molecule has 4 amide bonds. The van der Waals surface area contributed by atoms with Gasteiger partial charge in [0.25, 0.3) is 5.91 Å². The molecule has 0 bridgehead atoms. The van der Waals surface area contributed by atoms with Crippen LogP contribution in [-0.2, 0) is 30.4 Å². The number of methoxy groups -OCH3 is 3. The van der Waals surface area contributed by atoms with Crippen molar-refractivity contribution in [2.24, 2.45) is 17.8 Å². The summed E-state index contributed by atoms with van der Waals surface area (Å²) in [4.78, 5) is 73.7. The number of aromatic nitrogens is 4. The first-order valence-electron chi connectivity index (χ1n) is 22.2. The molecule has 2 aromatic heterocycles. The van der Waals surface area contributed by atoms with Crippen LogP contribution in [-0.4, -0.2) is 100 Å². The van der Waals surface area contributed by atoms with Gasteiger partial charge in [0.05, 0.1) is 55.8 Å². The molecule has 2 saturated heterocycles. The summed E-state index contributed by atoms with van der Waals surface area (Å²) in [5.74, 6) is 2.12. The molecule has 3 aliphatic heterocycles. The van der Waals surface area contributed by atoms with Crippen LogP contribution in [0.5, 0.6) is 5.75 Å². The minimum absolute atomic E-state index is 0.0597. The van der Waals surface area contributed by atoms with Crippen LogP contribution < -0.4 is 15.4 Å². The van der Waals surface area contributed by atoms with Gasteiger partial charge in [0.2, 0.25) is 5.91 Å². The summed E-state index contributed by atoms with van der Waals surface area (Å²) < 4.78 is 21.7. The molecule has 0 spiro atoms. The average molecular weight is 881 g/mol. The van der Waals surface area contributed by atoms with Crippen molar-refractivity contribution in [3.05, 3.63) is 102 Å². The lowest BCUT2D eigenvalue weighted by Crippen LogP contribution is -2.52. The molecular weight excluding hydrogens is 829 g/mol. The molecule has 4 N–H and O–H groups in total. The van der Waals surface area contributed by atoms with Crippen LogP contribution in [0.15, 0.2) is 79.0 Å². The third-order valence-corrected chi connectivity index (χ3v) is 13.6. The zero-order valence-corrected chi connectivity index (χ0v) is 36.9. The summed E-state index contributed by atoms with van der Waals surface area (Å²) in [6, 6.07) is 21.6. The molecule has 16 heteroatoms. The zero-order chi connectivity index (χ0) is 45.1. The number of imidazole rings is 2. The van der Waals surface area contributed by atoms with E-state index in [0.29, 0.717) is 43.5 Å². The van der Waals surface area contributed by atoms with Gasteiger partial charge in [-0.2, -0.15) is 0 Å². The Morgan fingerprint density at radius 2 is 1.65 bits per heavy atom. The number of carbonyl (C=O) groups is 4. The number of rotatable bonds is 11. The number of nitrogens with zero attached hydrogens (tertiary/aromatic N) is 4. The molecule has 1 saturated carbocycles. The Kier molecular flexibility index (Phi) is 10.9. The van der Waals surface area contributed by atoms with E-state index in [-0.39, 0.29) is 35.7 Å². The molecule has 3 fully saturated rings. The monoisotopic (exact) mass is 880 g/mol. The second-order valence-electron chi connectivity index (χ2n) is 18.0. The Hall–Kier alpha value is -6.94. The van der Waals surface area contributed by atoms with E-state index in [1.165, 1.54) is 14.2 Å². The third-order valence-electron chi connectivity index (χ3n) is 13.6. The number of fused-ring (bicyclic) bond motifs is 7. The van der Waals surface area contributed by atoms with Crippen molar-refractivity contribution in [3.63, 3.8) is 0 Å². The van der Waals surface area contributed by atoms with E-state index in [9.17, 15) is 19.2 Å². The van der Waals surface area contributed by atoms with Gasteiger partial charge in [-0.05, 0) is 83.0 Å². The second-order valence-corrected chi connectivity index (χ2v) is 18.0. The third kappa shape index (κ3) is 7.68. The number of H-pyrrole nitrogens is 2. The van der Waals surface area contributed by atoms with Gasteiger partial charge in [-0.15, -0.1) is 0 Å². The van der Waals surface area contributed by atoms with Crippen LogP contribution in [0.2, 0.25) is 0 Å². The van der Waals surface area contributed by atoms with E-state index in [0.717, 1.165) is 74.2 Å².